The van der Waals surface area contributed by atoms with Crippen molar-refractivity contribution < 1.29 is 4.39 Å². The monoisotopic (exact) mass is 313 g/mol. The maximum Gasteiger partial charge on any atom is 0.124 e. The van der Waals surface area contributed by atoms with Gasteiger partial charge in [-0.2, -0.15) is 0 Å². The summed E-state index contributed by atoms with van der Waals surface area (Å²) in [5.41, 5.74) is 1.96. The van der Waals surface area contributed by atoms with E-state index in [1.165, 1.54) is 23.7 Å². The van der Waals surface area contributed by atoms with E-state index in [-0.39, 0.29) is 11.9 Å². The van der Waals surface area contributed by atoms with E-state index in [9.17, 15) is 4.39 Å². The molecule has 20 heavy (non-hydrogen) atoms. The van der Waals surface area contributed by atoms with E-state index < -0.39 is 0 Å². The van der Waals surface area contributed by atoms with Gasteiger partial charge in [-0.15, -0.1) is 5.10 Å². The van der Waals surface area contributed by atoms with Crippen molar-refractivity contribution >= 4 is 23.1 Å². The van der Waals surface area contributed by atoms with E-state index in [4.69, 9.17) is 11.6 Å². The van der Waals surface area contributed by atoms with Crippen LogP contribution in [-0.2, 0) is 12.8 Å². The van der Waals surface area contributed by atoms with Crippen LogP contribution < -0.4 is 5.32 Å². The molecule has 3 nitrogen and oxygen atoms in total. The second kappa shape index (κ2) is 7.11. The summed E-state index contributed by atoms with van der Waals surface area (Å²) in [5.74, 6) is -0.314. The fraction of sp³-hybridized carbons (Fsp3) is 0.429. The number of halogens is 2. The van der Waals surface area contributed by atoms with Crippen LogP contribution >= 0.6 is 23.1 Å². The molecule has 1 N–H and O–H groups in total. The zero-order valence-electron chi connectivity index (χ0n) is 11.5. The van der Waals surface area contributed by atoms with Gasteiger partial charge in [0, 0.05) is 11.1 Å². The van der Waals surface area contributed by atoms with Crippen LogP contribution in [0.25, 0.3) is 0 Å². The second-order valence-electron chi connectivity index (χ2n) is 4.61. The lowest BCUT2D eigenvalue weighted by Crippen LogP contribution is -2.19. The SMILES string of the molecule is CCCc1nnsc1C(Cc1ccc(F)cc1Cl)NC. The number of hydrogen-bond acceptors (Lipinski definition) is 4. The molecule has 1 aromatic heterocycles. The highest BCUT2D eigenvalue weighted by atomic mass is 35.5. The number of aryl methyl sites for hydroxylation is 1. The fourth-order valence-electron chi connectivity index (χ4n) is 2.12. The van der Waals surface area contributed by atoms with Gasteiger partial charge in [0.1, 0.15) is 5.82 Å². The second-order valence-corrected chi connectivity index (χ2v) is 5.81. The lowest BCUT2D eigenvalue weighted by atomic mass is 10.0. The summed E-state index contributed by atoms with van der Waals surface area (Å²) in [6, 6.07) is 4.61. The van der Waals surface area contributed by atoms with Crippen LogP contribution in [0.4, 0.5) is 4.39 Å². The molecule has 1 unspecified atom stereocenters. The Morgan fingerprint density at radius 1 is 1.45 bits per heavy atom. The molecule has 6 heteroatoms. The Hall–Kier alpha value is -1.04. The Kier molecular flexibility index (Phi) is 5.46. The first-order chi connectivity index (χ1) is 9.65. The quantitative estimate of drug-likeness (QED) is 0.881. The third-order valence-electron chi connectivity index (χ3n) is 3.18. The summed E-state index contributed by atoms with van der Waals surface area (Å²) in [6.45, 7) is 2.12. The van der Waals surface area contributed by atoms with Crippen molar-refractivity contribution in [2.24, 2.45) is 0 Å². The number of benzene rings is 1. The third-order valence-corrected chi connectivity index (χ3v) is 4.41. The molecule has 2 rings (SSSR count). The number of nitrogens with one attached hydrogen (secondary N) is 1. The van der Waals surface area contributed by atoms with E-state index in [0.717, 1.165) is 29.0 Å². The van der Waals surface area contributed by atoms with Gasteiger partial charge in [-0.25, -0.2) is 4.39 Å². The van der Waals surface area contributed by atoms with Crippen LogP contribution in [0.3, 0.4) is 0 Å². The van der Waals surface area contributed by atoms with Gasteiger partial charge in [-0.05, 0) is 49.1 Å². The minimum Gasteiger partial charge on any atom is -0.312 e. The minimum absolute atomic E-state index is 0.0968. The molecule has 2 aromatic rings. The van der Waals surface area contributed by atoms with Gasteiger partial charge >= 0.3 is 0 Å². The number of likely N-dealkylation sites (N-methyl/N-ethyl adjacent to an activating group) is 1. The normalized spacial score (nSPS) is 12.6. The van der Waals surface area contributed by atoms with Crippen molar-refractivity contribution in [2.45, 2.75) is 32.2 Å². The summed E-state index contributed by atoms with van der Waals surface area (Å²) in [7, 11) is 1.90. The molecule has 0 aliphatic carbocycles. The van der Waals surface area contributed by atoms with Crippen LogP contribution in [0.5, 0.6) is 0 Å². The van der Waals surface area contributed by atoms with Crippen molar-refractivity contribution in [1.82, 2.24) is 14.9 Å². The lowest BCUT2D eigenvalue weighted by molar-refractivity contribution is 0.590. The van der Waals surface area contributed by atoms with Gasteiger partial charge in [0.15, 0.2) is 0 Å². The lowest BCUT2D eigenvalue weighted by Gasteiger charge is -2.16. The Labute approximate surface area is 127 Å². The maximum absolute atomic E-state index is 13.1. The van der Waals surface area contributed by atoms with Crippen molar-refractivity contribution in [1.29, 1.82) is 0 Å². The van der Waals surface area contributed by atoms with Gasteiger partial charge < -0.3 is 5.32 Å². The van der Waals surface area contributed by atoms with Gasteiger partial charge in [-0.1, -0.05) is 35.5 Å². The molecule has 0 aliphatic rings. The van der Waals surface area contributed by atoms with Gasteiger partial charge in [-0.3, -0.25) is 0 Å². The molecule has 0 fully saturated rings. The van der Waals surface area contributed by atoms with Crippen LogP contribution in [0.2, 0.25) is 5.02 Å². The molecule has 0 spiro atoms. The number of nitrogens with zero attached hydrogens (tertiary/aromatic N) is 2. The molecular formula is C14H17ClFN3S. The Morgan fingerprint density at radius 3 is 2.90 bits per heavy atom. The molecule has 0 radical (unpaired) electrons. The van der Waals surface area contributed by atoms with Gasteiger partial charge in [0.2, 0.25) is 0 Å². The summed E-state index contributed by atoms with van der Waals surface area (Å²) in [5, 5.41) is 7.92. The average molecular weight is 314 g/mol. The Bertz CT molecular complexity index is 573. The van der Waals surface area contributed by atoms with Crippen LogP contribution in [0.15, 0.2) is 18.2 Å². The first kappa shape index (κ1) is 15.4. The zero-order valence-corrected chi connectivity index (χ0v) is 13.1. The highest BCUT2D eigenvalue weighted by molar-refractivity contribution is 7.05. The van der Waals surface area contributed by atoms with E-state index in [2.05, 4.69) is 21.8 Å². The molecule has 0 aliphatic heterocycles. The molecule has 0 bridgehead atoms. The van der Waals surface area contributed by atoms with Crippen LogP contribution in [0, 0.1) is 5.82 Å². The van der Waals surface area contributed by atoms with Crippen molar-refractivity contribution in [2.75, 3.05) is 7.05 Å². The largest absolute Gasteiger partial charge is 0.312 e. The molecular weight excluding hydrogens is 297 g/mol. The number of hydrogen-bond donors (Lipinski definition) is 1. The van der Waals surface area contributed by atoms with Crippen LogP contribution in [0.1, 0.15) is 35.5 Å². The predicted octanol–water partition coefficient (Wildman–Crippen LogP) is 3.79. The van der Waals surface area contributed by atoms with E-state index in [1.54, 1.807) is 6.07 Å². The first-order valence-corrected chi connectivity index (χ1v) is 7.73. The molecule has 0 saturated heterocycles. The predicted molar refractivity (Wildman–Crippen MR) is 80.8 cm³/mol. The van der Waals surface area contributed by atoms with E-state index in [0.29, 0.717) is 11.4 Å². The first-order valence-electron chi connectivity index (χ1n) is 6.58. The molecule has 0 saturated carbocycles. The standard InChI is InChI=1S/C14H17ClFN3S/c1-3-4-12-14(20-19-18-12)13(17-2)7-9-5-6-10(16)8-11(9)15/h5-6,8,13,17H,3-4,7H2,1-2H3. The summed E-state index contributed by atoms with van der Waals surface area (Å²) in [4.78, 5) is 1.13. The maximum atomic E-state index is 13.1. The smallest absolute Gasteiger partial charge is 0.124 e. The number of rotatable bonds is 6. The molecule has 1 atom stereocenters. The number of aromatic nitrogens is 2. The Balaban J connectivity index is 2.22. The fourth-order valence-corrected chi connectivity index (χ4v) is 3.17. The highest BCUT2D eigenvalue weighted by Crippen LogP contribution is 2.28. The minimum atomic E-state index is -0.314. The Morgan fingerprint density at radius 2 is 2.25 bits per heavy atom. The molecule has 1 heterocycles. The highest BCUT2D eigenvalue weighted by Gasteiger charge is 2.19. The average Bonchev–Trinajstić information content (AvgIpc) is 2.87. The van der Waals surface area contributed by atoms with Crippen LogP contribution in [-0.4, -0.2) is 16.6 Å². The molecule has 1 aromatic carbocycles. The summed E-state index contributed by atoms with van der Waals surface area (Å²) in [6.07, 6.45) is 2.64. The van der Waals surface area contributed by atoms with Gasteiger partial charge in [0.25, 0.3) is 0 Å². The third kappa shape index (κ3) is 3.53. The van der Waals surface area contributed by atoms with Crippen molar-refractivity contribution in [3.05, 3.63) is 45.2 Å². The van der Waals surface area contributed by atoms with E-state index in [1.807, 2.05) is 7.05 Å². The van der Waals surface area contributed by atoms with Crippen molar-refractivity contribution in [3.8, 4) is 0 Å². The zero-order chi connectivity index (χ0) is 14.5. The van der Waals surface area contributed by atoms with Gasteiger partial charge in [0.05, 0.1) is 10.6 Å². The van der Waals surface area contributed by atoms with E-state index >= 15 is 0 Å². The molecule has 108 valence electrons. The molecule has 0 amide bonds. The summed E-state index contributed by atoms with van der Waals surface area (Å²) < 4.78 is 17.1. The summed E-state index contributed by atoms with van der Waals surface area (Å²) >= 11 is 7.51. The van der Waals surface area contributed by atoms with Crippen molar-refractivity contribution in [3.63, 3.8) is 0 Å². The topological polar surface area (TPSA) is 37.8 Å².